The quantitative estimate of drug-likeness (QED) is 0.944. The van der Waals surface area contributed by atoms with Crippen LogP contribution in [0.5, 0.6) is 0 Å². The Morgan fingerprint density at radius 2 is 2.43 bits per heavy atom. The minimum Gasteiger partial charge on any atom is -0.340 e. The Morgan fingerprint density at radius 3 is 3.24 bits per heavy atom. The van der Waals surface area contributed by atoms with Gasteiger partial charge < -0.3 is 9.88 Å². The van der Waals surface area contributed by atoms with Crippen LogP contribution in [-0.4, -0.2) is 39.3 Å². The third-order valence-corrected chi connectivity index (χ3v) is 4.48. The van der Waals surface area contributed by atoms with E-state index in [1.807, 2.05) is 11.2 Å². The molecule has 6 heteroatoms. The van der Waals surface area contributed by atoms with Crippen LogP contribution in [-0.2, 0) is 4.79 Å². The molecule has 3 rings (SSSR count). The molecule has 0 spiro atoms. The Kier molecular flexibility index (Phi) is 4.14. The number of imidazole rings is 1. The van der Waals surface area contributed by atoms with E-state index in [2.05, 4.69) is 9.97 Å². The molecule has 1 saturated heterocycles. The van der Waals surface area contributed by atoms with E-state index in [9.17, 15) is 9.18 Å². The first kappa shape index (κ1) is 14.4. The van der Waals surface area contributed by atoms with E-state index in [1.165, 1.54) is 12.1 Å². The van der Waals surface area contributed by atoms with Gasteiger partial charge in [0.15, 0.2) is 0 Å². The summed E-state index contributed by atoms with van der Waals surface area (Å²) in [5.74, 6) is 1.51. The predicted octanol–water partition coefficient (Wildman–Crippen LogP) is 3.12. The maximum atomic E-state index is 13.3. The highest BCUT2D eigenvalue weighted by molar-refractivity contribution is 7.98. The van der Waals surface area contributed by atoms with E-state index in [0.29, 0.717) is 11.9 Å². The average Bonchev–Trinajstić information content (AvgIpc) is 3.09. The van der Waals surface area contributed by atoms with Crippen LogP contribution in [0.3, 0.4) is 0 Å². The van der Waals surface area contributed by atoms with Gasteiger partial charge in [0.1, 0.15) is 11.6 Å². The zero-order valence-electron chi connectivity index (χ0n) is 11.9. The zero-order valence-corrected chi connectivity index (χ0v) is 12.8. The van der Waals surface area contributed by atoms with Crippen LogP contribution in [0.2, 0.25) is 0 Å². The van der Waals surface area contributed by atoms with Crippen molar-refractivity contribution in [2.45, 2.75) is 25.3 Å². The molecule has 1 aromatic carbocycles. The Balaban J connectivity index is 1.84. The van der Waals surface area contributed by atoms with Gasteiger partial charge in [0.25, 0.3) is 0 Å². The van der Waals surface area contributed by atoms with Gasteiger partial charge in [-0.05, 0) is 37.3 Å². The number of aromatic amines is 1. The van der Waals surface area contributed by atoms with E-state index in [-0.39, 0.29) is 17.8 Å². The highest BCUT2D eigenvalue weighted by Crippen LogP contribution is 2.32. The largest absolute Gasteiger partial charge is 0.340 e. The number of H-pyrrole nitrogens is 1. The smallest absolute Gasteiger partial charge is 0.224 e. The second-order valence-electron chi connectivity index (χ2n) is 5.27. The van der Waals surface area contributed by atoms with Gasteiger partial charge in [0.2, 0.25) is 5.91 Å². The van der Waals surface area contributed by atoms with Crippen LogP contribution in [0.15, 0.2) is 18.2 Å². The molecule has 4 nitrogen and oxygen atoms in total. The Bertz CT molecular complexity index is 657. The zero-order chi connectivity index (χ0) is 14.8. The molecule has 0 aliphatic carbocycles. The molecular weight excluding hydrogens is 289 g/mol. The Hall–Kier alpha value is -1.56. The van der Waals surface area contributed by atoms with Gasteiger partial charge in [0, 0.05) is 18.7 Å². The van der Waals surface area contributed by atoms with Gasteiger partial charge in [-0.15, -0.1) is 0 Å². The number of rotatable bonds is 4. The van der Waals surface area contributed by atoms with Crippen LogP contribution >= 0.6 is 11.8 Å². The molecule has 0 saturated carbocycles. The van der Waals surface area contributed by atoms with Crippen LogP contribution in [0.1, 0.15) is 31.1 Å². The number of hydrogen-bond acceptors (Lipinski definition) is 3. The normalized spacial score (nSPS) is 18.6. The van der Waals surface area contributed by atoms with Crippen molar-refractivity contribution in [1.29, 1.82) is 0 Å². The number of hydrogen-bond donors (Lipinski definition) is 1. The number of nitrogens with one attached hydrogen (secondary N) is 1. The van der Waals surface area contributed by atoms with Crippen LogP contribution in [0.4, 0.5) is 4.39 Å². The SMILES string of the molecule is CSCCC(=O)N1CCC[C@@H]1c1nc2ccc(F)cc2[nH]1. The molecular formula is C15H18FN3OS. The molecule has 1 fully saturated rings. The summed E-state index contributed by atoms with van der Waals surface area (Å²) in [5.41, 5.74) is 1.43. The van der Waals surface area contributed by atoms with Crippen LogP contribution < -0.4 is 0 Å². The van der Waals surface area contributed by atoms with Crippen molar-refractivity contribution in [2.24, 2.45) is 0 Å². The van der Waals surface area contributed by atoms with Crippen LogP contribution in [0, 0.1) is 5.82 Å². The molecule has 21 heavy (non-hydrogen) atoms. The third kappa shape index (κ3) is 2.90. The fourth-order valence-electron chi connectivity index (χ4n) is 2.84. The van der Waals surface area contributed by atoms with Gasteiger partial charge in [-0.3, -0.25) is 4.79 Å². The molecule has 0 bridgehead atoms. The summed E-state index contributed by atoms with van der Waals surface area (Å²) < 4.78 is 13.3. The first-order chi connectivity index (χ1) is 10.2. The van der Waals surface area contributed by atoms with E-state index in [0.717, 1.165) is 36.5 Å². The van der Waals surface area contributed by atoms with Gasteiger partial charge in [-0.1, -0.05) is 0 Å². The molecule has 1 aliphatic rings. The number of benzene rings is 1. The summed E-state index contributed by atoms with van der Waals surface area (Å²) in [4.78, 5) is 21.9. The number of likely N-dealkylation sites (tertiary alicyclic amines) is 1. The Labute approximate surface area is 127 Å². The topological polar surface area (TPSA) is 49.0 Å². The lowest BCUT2D eigenvalue weighted by molar-refractivity contribution is -0.131. The molecule has 112 valence electrons. The number of carbonyl (C=O) groups excluding carboxylic acids is 1. The molecule has 1 aliphatic heterocycles. The van der Waals surface area contributed by atoms with E-state index in [1.54, 1.807) is 17.8 Å². The highest BCUT2D eigenvalue weighted by atomic mass is 32.2. The van der Waals surface area contributed by atoms with Gasteiger partial charge >= 0.3 is 0 Å². The van der Waals surface area contributed by atoms with Crippen molar-refractivity contribution >= 4 is 28.7 Å². The summed E-state index contributed by atoms with van der Waals surface area (Å²) in [6.45, 7) is 0.781. The van der Waals surface area contributed by atoms with Crippen molar-refractivity contribution in [3.05, 3.63) is 29.8 Å². The molecule has 0 radical (unpaired) electrons. The number of carbonyl (C=O) groups is 1. The first-order valence-corrected chi connectivity index (χ1v) is 8.52. The van der Waals surface area contributed by atoms with Crippen molar-refractivity contribution in [3.8, 4) is 0 Å². The van der Waals surface area contributed by atoms with Gasteiger partial charge in [0.05, 0.1) is 17.1 Å². The molecule has 0 unspecified atom stereocenters. The van der Waals surface area contributed by atoms with Crippen molar-refractivity contribution < 1.29 is 9.18 Å². The number of amides is 1. The lowest BCUT2D eigenvalue weighted by atomic mass is 10.2. The second-order valence-corrected chi connectivity index (χ2v) is 6.26. The lowest BCUT2D eigenvalue weighted by Crippen LogP contribution is -2.31. The predicted molar refractivity (Wildman–Crippen MR) is 82.7 cm³/mol. The minimum absolute atomic E-state index is 0.00480. The monoisotopic (exact) mass is 307 g/mol. The van der Waals surface area contributed by atoms with Crippen molar-refractivity contribution in [1.82, 2.24) is 14.9 Å². The van der Waals surface area contributed by atoms with Crippen LogP contribution in [0.25, 0.3) is 11.0 Å². The van der Waals surface area contributed by atoms with Crippen molar-refractivity contribution in [2.75, 3.05) is 18.6 Å². The highest BCUT2D eigenvalue weighted by Gasteiger charge is 2.31. The standard InChI is InChI=1S/C15H18FN3OS/c1-21-8-6-14(20)19-7-2-3-13(19)15-17-11-5-4-10(16)9-12(11)18-15/h4-5,9,13H,2-3,6-8H2,1H3,(H,17,18)/t13-/m1/s1. The summed E-state index contributed by atoms with van der Waals surface area (Å²) in [5, 5.41) is 0. The molecule has 1 atom stereocenters. The molecule has 1 N–H and O–H groups in total. The van der Waals surface area contributed by atoms with Crippen molar-refractivity contribution in [3.63, 3.8) is 0 Å². The third-order valence-electron chi connectivity index (χ3n) is 3.87. The van der Waals surface area contributed by atoms with E-state index < -0.39 is 0 Å². The molecule has 1 aromatic heterocycles. The maximum absolute atomic E-state index is 13.3. The fourth-order valence-corrected chi connectivity index (χ4v) is 3.22. The van der Waals surface area contributed by atoms with Gasteiger partial charge in [-0.25, -0.2) is 9.37 Å². The maximum Gasteiger partial charge on any atom is 0.224 e. The van der Waals surface area contributed by atoms with E-state index >= 15 is 0 Å². The minimum atomic E-state index is -0.281. The second kappa shape index (κ2) is 6.05. The Morgan fingerprint density at radius 1 is 1.57 bits per heavy atom. The lowest BCUT2D eigenvalue weighted by Gasteiger charge is -2.23. The average molecular weight is 307 g/mol. The summed E-state index contributed by atoms with van der Waals surface area (Å²) in [7, 11) is 0. The van der Waals surface area contributed by atoms with Gasteiger partial charge in [-0.2, -0.15) is 11.8 Å². The first-order valence-electron chi connectivity index (χ1n) is 7.12. The summed E-state index contributed by atoms with van der Waals surface area (Å²) >= 11 is 1.68. The summed E-state index contributed by atoms with van der Waals surface area (Å²) in [6, 6.07) is 4.51. The fraction of sp³-hybridized carbons (Fsp3) is 0.467. The number of fused-ring (bicyclic) bond motifs is 1. The molecule has 2 heterocycles. The number of thioether (sulfide) groups is 1. The molecule has 1 amide bonds. The summed E-state index contributed by atoms with van der Waals surface area (Å²) in [6.07, 6.45) is 4.46. The van der Waals surface area contributed by atoms with E-state index in [4.69, 9.17) is 0 Å². The number of aromatic nitrogens is 2. The number of halogens is 1. The molecule has 2 aromatic rings. The number of nitrogens with zero attached hydrogens (tertiary/aromatic N) is 2.